The lowest BCUT2D eigenvalue weighted by atomic mass is 9.77. The molecule has 0 aliphatic carbocycles. The molecule has 0 amide bonds. The predicted molar refractivity (Wildman–Crippen MR) is 66.0 cm³/mol. The summed E-state index contributed by atoms with van der Waals surface area (Å²) >= 11 is 0. The van der Waals surface area contributed by atoms with Crippen LogP contribution >= 0.6 is 0 Å². The van der Waals surface area contributed by atoms with E-state index in [-0.39, 0.29) is 11.7 Å². The molecular weight excluding hydrogens is 233 g/mol. The van der Waals surface area contributed by atoms with E-state index >= 15 is 0 Å². The lowest BCUT2D eigenvalue weighted by Crippen LogP contribution is -2.44. The van der Waals surface area contributed by atoms with Crippen LogP contribution < -0.4 is 4.74 Å². The minimum atomic E-state index is -0.875. The molecule has 0 saturated carbocycles. The fourth-order valence-corrected chi connectivity index (χ4v) is 3.27. The van der Waals surface area contributed by atoms with E-state index in [0.29, 0.717) is 12.0 Å². The minimum absolute atomic E-state index is 0.221. The Labute approximate surface area is 106 Å². The zero-order chi connectivity index (χ0) is 12.8. The number of aliphatic hydroxyl groups is 1. The van der Waals surface area contributed by atoms with Crippen LogP contribution in [0, 0.1) is 11.7 Å². The first kappa shape index (κ1) is 11.9. The van der Waals surface area contributed by atoms with E-state index in [1.165, 1.54) is 13.2 Å². The van der Waals surface area contributed by atoms with E-state index in [2.05, 4.69) is 4.90 Å². The molecule has 1 aromatic carbocycles. The van der Waals surface area contributed by atoms with Gasteiger partial charge in [0, 0.05) is 19.0 Å². The molecule has 0 aromatic heterocycles. The number of hydrogen-bond donors (Lipinski definition) is 1. The van der Waals surface area contributed by atoms with Gasteiger partial charge in [0.05, 0.1) is 12.7 Å². The van der Waals surface area contributed by atoms with Crippen LogP contribution in [0.15, 0.2) is 18.2 Å². The Morgan fingerprint density at radius 1 is 1.44 bits per heavy atom. The summed E-state index contributed by atoms with van der Waals surface area (Å²) in [7, 11) is 1.45. The highest BCUT2D eigenvalue weighted by atomic mass is 19.1. The first-order valence-corrected chi connectivity index (χ1v) is 6.42. The Hall–Kier alpha value is -1.13. The van der Waals surface area contributed by atoms with Crippen LogP contribution in [0.1, 0.15) is 18.4 Å². The van der Waals surface area contributed by atoms with E-state index < -0.39 is 11.4 Å². The standard InChI is InChI=1S/C14H18FNO2/c1-18-13-3-2-10(8-12(13)15)14(17)5-7-16-6-4-11(14)9-16/h2-3,8,11,17H,4-7,9H2,1H3. The fourth-order valence-electron chi connectivity index (χ4n) is 3.27. The van der Waals surface area contributed by atoms with Gasteiger partial charge in [-0.3, -0.25) is 0 Å². The Bertz CT molecular complexity index is 465. The monoisotopic (exact) mass is 251 g/mol. The summed E-state index contributed by atoms with van der Waals surface area (Å²) in [5.41, 5.74) is -0.188. The lowest BCUT2D eigenvalue weighted by molar-refractivity contribution is -0.0504. The molecule has 1 aromatic rings. The maximum absolute atomic E-state index is 13.8. The average Bonchev–Trinajstić information content (AvgIpc) is 2.79. The highest BCUT2D eigenvalue weighted by Crippen LogP contribution is 2.43. The largest absolute Gasteiger partial charge is 0.494 e. The molecular formula is C14H18FNO2. The Morgan fingerprint density at radius 2 is 2.28 bits per heavy atom. The number of fused-ring (bicyclic) bond motifs is 2. The van der Waals surface area contributed by atoms with Gasteiger partial charge in [-0.2, -0.15) is 0 Å². The Kier molecular flexibility index (Phi) is 2.79. The van der Waals surface area contributed by atoms with Gasteiger partial charge in [-0.25, -0.2) is 4.39 Å². The molecule has 3 atom stereocenters. The van der Waals surface area contributed by atoms with Crippen LogP contribution in [0.3, 0.4) is 0 Å². The smallest absolute Gasteiger partial charge is 0.165 e. The average molecular weight is 251 g/mol. The van der Waals surface area contributed by atoms with Gasteiger partial charge in [0.1, 0.15) is 0 Å². The van der Waals surface area contributed by atoms with Crippen molar-refractivity contribution in [1.29, 1.82) is 0 Å². The third-order valence-corrected chi connectivity index (χ3v) is 4.41. The summed E-state index contributed by atoms with van der Waals surface area (Å²) < 4.78 is 18.7. The van der Waals surface area contributed by atoms with E-state index in [4.69, 9.17) is 4.74 Å². The topological polar surface area (TPSA) is 32.7 Å². The molecule has 18 heavy (non-hydrogen) atoms. The van der Waals surface area contributed by atoms with Gasteiger partial charge in [0.25, 0.3) is 0 Å². The molecule has 98 valence electrons. The van der Waals surface area contributed by atoms with Crippen molar-refractivity contribution in [2.75, 3.05) is 26.7 Å². The van der Waals surface area contributed by atoms with Crippen LogP contribution in [0.2, 0.25) is 0 Å². The van der Waals surface area contributed by atoms with Crippen LogP contribution in [0.4, 0.5) is 4.39 Å². The second-order valence-corrected chi connectivity index (χ2v) is 5.31. The third-order valence-electron chi connectivity index (χ3n) is 4.41. The van der Waals surface area contributed by atoms with Gasteiger partial charge in [0.15, 0.2) is 11.6 Å². The molecule has 0 spiro atoms. The Balaban J connectivity index is 1.95. The number of methoxy groups -OCH3 is 1. The van der Waals surface area contributed by atoms with Crippen LogP contribution in [0.25, 0.3) is 0 Å². The zero-order valence-corrected chi connectivity index (χ0v) is 10.5. The first-order chi connectivity index (χ1) is 8.63. The van der Waals surface area contributed by atoms with Crippen molar-refractivity contribution in [1.82, 2.24) is 4.90 Å². The summed E-state index contributed by atoms with van der Waals surface area (Å²) in [4.78, 5) is 2.36. The van der Waals surface area contributed by atoms with Gasteiger partial charge in [-0.1, -0.05) is 6.07 Å². The highest BCUT2D eigenvalue weighted by Gasteiger charge is 2.46. The molecule has 3 rings (SSSR count). The summed E-state index contributed by atoms with van der Waals surface area (Å²) in [6, 6.07) is 4.81. The number of hydrogen-bond acceptors (Lipinski definition) is 3. The predicted octanol–water partition coefficient (Wildman–Crippen LogP) is 1.75. The molecule has 3 unspecified atom stereocenters. The minimum Gasteiger partial charge on any atom is -0.494 e. The van der Waals surface area contributed by atoms with Gasteiger partial charge >= 0.3 is 0 Å². The second-order valence-electron chi connectivity index (χ2n) is 5.31. The van der Waals surface area contributed by atoms with Gasteiger partial charge in [-0.05, 0) is 37.1 Å². The molecule has 2 aliphatic heterocycles. The van der Waals surface area contributed by atoms with Crippen molar-refractivity contribution in [2.24, 2.45) is 5.92 Å². The fraction of sp³-hybridized carbons (Fsp3) is 0.571. The molecule has 2 bridgehead atoms. The molecule has 3 nitrogen and oxygen atoms in total. The van der Waals surface area contributed by atoms with Crippen molar-refractivity contribution in [3.63, 3.8) is 0 Å². The molecule has 0 radical (unpaired) electrons. The van der Waals surface area contributed by atoms with Crippen molar-refractivity contribution in [3.05, 3.63) is 29.6 Å². The molecule has 1 N–H and O–H groups in total. The van der Waals surface area contributed by atoms with Crippen molar-refractivity contribution in [2.45, 2.75) is 18.4 Å². The van der Waals surface area contributed by atoms with Gasteiger partial charge in [0.2, 0.25) is 0 Å². The highest BCUT2D eigenvalue weighted by molar-refractivity contribution is 5.33. The summed E-state index contributed by atoms with van der Waals surface area (Å²) in [6.45, 7) is 2.86. The molecule has 4 heteroatoms. The number of rotatable bonds is 2. The first-order valence-electron chi connectivity index (χ1n) is 6.42. The van der Waals surface area contributed by atoms with Crippen molar-refractivity contribution >= 4 is 0 Å². The summed E-state index contributed by atoms with van der Waals surface area (Å²) in [6.07, 6.45) is 1.67. The maximum Gasteiger partial charge on any atom is 0.165 e. The zero-order valence-electron chi connectivity index (χ0n) is 10.5. The number of benzene rings is 1. The maximum atomic E-state index is 13.8. The second kappa shape index (κ2) is 4.21. The summed E-state index contributed by atoms with van der Waals surface area (Å²) in [5.74, 6) is 0.0501. The lowest BCUT2D eigenvalue weighted by Gasteiger charge is -2.39. The van der Waals surface area contributed by atoms with E-state index in [1.54, 1.807) is 12.1 Å². The number of halogens is 1. The SMILES string of the molecule is COc1ccc(C2(O)CCN3CCC2C3)cc1F. The van der Waals surface area contributed by atoms with Gasteiger partial charge < -0.3 is 14.7 Å². The van der Waals surface area contributed by atoms with Crippen LogP contribution in [-0.2, 0) is 5.60 Å². The molecule has 2 fully saturated rings. The van der Waals surface area contributed by atoms with Crippen LogP contribution in [0.5, 0.6) is 5.75 Å². The number of ether oxygens (including phenoxy) is 1. The van der Waals surface area contributed by atoms with E-state index in [9.17, 15) is 9.50 Å². The van der Waals surface area contributed by atoms with Crippen molar-refractivity contribution in [3.8, 4) is 5.75 Å². The van der Waals surface area contributed by atoms with E-state index in [1.807, 2.05) is 0 Å². The van der Waals surface area contributed by atoms with Crippen molar-refractivity contribution < 1.29 is 14.2 Å². The molecule has 2 heterocycles. The normalized spacial score (nSPS) is 34.6. The third kappa shape index (κ3) is 1.71. The number of nitrogens with zero attached hydrogens (tertiary/aromatic N) is 1. The number of piperidine rings is 1. The molecule has 2 saturated heterocycles. The quantitative estimate of drug-likeness (QED) is 0.869. The Morgan fingerprint density at radius 3 is 3.00 bits per heavy atom. The molecule has 2 aliphatic rings. The summed E-state index contributed by atoms with van der Waals surface area (Å²) in [5, 5.41) is 10.9. The van der Waals surface area contributed by atoms with E-state index in [0.717, 1.165) is 26.1 Å². The van der Waals surface area contributed by atoms with Gasteiger partial charge in [-0.15, -0.1) is 0 Å². The van der Waals surface area contributed by atoms with Crippen LogP contribution in [-0.4, -0.2) is 36.8 Å².